The quantitative estimate of drug-likeness (QED) is 0.195. The third-order valence-electron chi connectivity index (χ3n) is 9.85. The van der Waals surface area contributed by atoms with Gasteiger partial charge in [-0.2, -0.15) is 0 Å². The van der Waals surface area contributed by atoms with E-state index in [0.717, 1.165) is 48.4 Å². The number of carbonyl (C=O) groups is 1. The van der Waals surface area contributed by atoms with E-state index in [2.05, 4.69) is 67.0 Å². The van der Waals surface area contributed by atoms with Crippen LogP contribution in [0.3, 0.4) is 0 Å². The zero-order valence-electron chi connectivity index (χ0n) is 26.9. The number of halogens is 1. The Morgan fingerprint density at radius 3 is 2.53 bits per heavy atom. The van der Waals surface area contributed by atoms with Crippen LogP contribution in [0.1, 0.15) is 68.4 Å². The first-order chi connectivity index (χ1) is 21.6. The predicted molar refractivity (Wildman–Crippen MR) is 178 cm³/mol. The minimum Gasteiger partial charge on any atom is -0.493 e. The lowest BCUT2D eigenvalue weighted by molar-refractivity contribution is -0.147. The van der Waals surface area contributed by atoms with Gasteiger partial charge in [-0.15, -0.1) is 0 Å². The van der Waals surface area contributed by atoms with E-state index in [-0.39, 0.29) is 12.0 Å². The standard InChI is InChI=1S/C37H45ClN2O5/c1-5-43-34-20-35(31(38)19-25(34)21-39-22-26(23-39)36(41)42)45-33-14-13-29-28(10-6-11-30(29)33)27-9-7-12-32(24(27)2)44-18-8-16-40-17-15-37(40,3)4/h6-7,9-12,19-20,26,33H,5,8,13-18,21-23H2,1-4H3,(H,41,42)/t33-/m0/s1. The zero-order valence-corrected chi connectivity index (χ0v) is 27.7. The van der Waals surface area contributed by atoms with E-state index in [1.54, 1.807) is 0 Å². The van der Waals surface area contributed by atoms with Gasteiger partial charge in [0.05, 0.1) is 24.2 Å². The maximum atomic E-state index is 11.2. The zero-order chi connectivity index (χ0) is 31.7. The van der Waals surface area contributed by atoms with Gasteiger partial charge in [0.1, 0.15) is 23.4 Å². The molecule has 0 radical (unpaired) electrons. The minimum atomic E-state index is -0.744. The first-order valence-corrected chi connectivity index (χ1v) is 16.7. The Labute approximate surface area is 272 Å². The van der Waals surface area contributed by atoms with Crippen LogP contribution in [0.25, 0.3) is 11.1 Å². The normalized spacial score (nSPS) is 19.4. The van der Waals surface area contributed by atoms with Gasteiger partial charge in [-0.3, -0.25) is 14.6 Å². The van der Waals surface area contributed by atoms with Gasteiger partial charge in [-0.25, -0.2) is 0 Å². The third kappa shape index (κ3) is 6.67. The molecule has 0 saturated carbocycles. The summed E-state index contributed by atoms with van der Waals surface area (Å²) < 4.78 is 18.9. The van der Waals surface area contributed by atoms with Crippen molar-refractivity contribution in [2.45, 2.75) is 71.6 Å². The summed E-state index contributed by atoms with van der Waals surface area (Å²) in [6.45, 7) is 13.9. The fourth-order valence-electron chi connectivity index (χ4n) is 6.95. The Balaban J connectivity index is 1.15. The Hall–Kier alpha value is -3.26. The maximum absolute atomic E-state index is 11.2. The van der Waals surface area contributed by atoms with Crippen LogP contribution in [-0.4, -0.2) is 65.8 Å². The molecule has 7 nitrogen and oxygen atoms in total. The van der Waals surface area contributed by atoms with Crippen molar-refractivity contribution in [3.8, 4) is 28.4 Å². The van der Waals surface area contributed by atoms with Gasteiger partial charge >= 0.3 is 5.97 Å². The minimum absolute atomic E-state index is 0.116. The fraction of sp³-hybridized carbons (Fsp3) is 0.486. The smallest absolute Gasteiger partial charge is 0.309 e. The lowest BCUT2D eigenvalue weighted by Crippen LogP contribution is -2.55. The number of likely N-dealkylation sites (tertiary alicyclic amines) is 2. The van der Waals surface area contributed by atoms with Crippen molar-refractivity contribution in [3.05, 3.63) is 75.8 Å². The van der Waals surface area contributed by atoms with Crippen molar-refractivity contribution in [2.75, 3.05) is 39.4 Å². The van der Waals surface area contributed by atoms with E-state index in [4.69, 9.17) is 25.8 Å². The van der Waals surface area contributed by atoms with Crippen LogP contribution in [0.2, 0.25) is 5.02 Å². The molecule has 3 aromatic carbocycles. The summed E-state index contributed by atoms with van der Waals surface area (Å²) in [5.41, 5.74) is 7.36. The molecule has 6 rings (SSSR count). The highest BCUT2D eigenvalue weighted by molar-refractivity contribution is 6.32. The van der Waals surface area contributed by atoms with E-state index in [0.29, 0.717) is 49.2 Å². The van der Waals surface area contributed by atoms with Gasteiger partial charge in [-0.05, 0) is 93.3 Å². The summed E-state index contributed by atoms with van der Waals surface area (Å²) in [5, 5.41) is 9.76. The van der Waals surface area contributed by atoms with E-state index in [1.807, 2.05) is 19.1 Å². The second-order valence-electron chi connectivity index (χ2n) is 13.3. The van der Waals surface area contributed by atoms with Crippen LogP contribution in [0.4, 0.5) is 0 Å². The number of rotatable bonds is 13. The molecule has 240 valence electrons. The Morgan fingerprint density at radius 1 is 1.04 bits per heavy atom. The Kier molecular flexibility index (Phi) is 9.32. The highest BCUT2D eigenvalue weighted by Crippen LogP contribution is 2.44. The largest absolute Gasteiger partial charge is 0.493 e. The number of fused-ring (bicyclic) bond motifs is 1. The second-order valence-corrected chi connectivity index (χ2v) is 13.7. The molecule has 0 bridgehead atoms. The molecule has 2 aliphatic heterocycles. The van der Waals surface area contributed by atoms with E-state index < -0.39 is 5.97 Å². The summed E-state index contributed by atoms with van der Waals surface area (Å²) in [6, 6.07) is 16.7. The number of carboxylic acid groups (broad SMARTS) is 1. The molecular weight excluding hydrogens is 588 g/mol. The lowest BCUT2D eigenvalue weighted by atomic mass is 9.89. The molecule has 2 heterocycles. The SMILES string of the molecule is CCOc1cc(O[C@H]2CCc3c(-c4cccc(OCCCN5CCC5(C)C)c4C)cccc32)c(Cl)cc1CN1CC(C(=O)O)C1. The summed E-state index contributed by atoms with van der Waals surface area (Å²) in [5.74, 6) is 1.23. The van der Waals surface area contributed by atoms with E-state index >= 15 is 0 Å². The molecule has 0 unspecified atom stereocenters. The summed E-state index contributed by atoms with van der Waals surface area (Å²) in [7, 11) is 0. The lowest BCUT2D eigenvalue weighted by Gasteiger charge is -2.48. The van der Waals surface area contributed by atoms with Gasteiger partial charge in [0.25, 0.3) is 0 Å². The molecule has 8 heteroatoms. The van der Waals surface area contributed by atoms with Crippen LogP contribution in [0.15, 0.2) is 48.5 Å². The van der Waals surface area contributed by atoms with Crippen LogP contribution in [0, 0.1) is 12.8 Å². The first-order valence-electron chi connectivity index (χ1n) is 16.3. The fourth-order valence-corrected chi connectivity index (χ4v) is 7.18. The van der Waals surface area contributed by atoms with Crippen molar-refractivity contribution in [1.82, 2.24) is 9.80 Å². The predicted octanol–water partition coefficient (Wildman–Crippen LogP) is 7.55. The topological polar surface area (TPSA) is 71.5 Å². The molecule has 0 amide bonds. The van der Waals surface area contributed by atoms with Gasteiger partial charge < -0.3 is 19.3 Å². The number of benzene rings is 3. The molecule has 1 aliphatic carbocycles. The number of nitrogens with zero attached hydrogens (tertiary/aromatic N) is 2. The van der Waals surface area contributed by atoms with Gasteiger partial charge in [0.2, 0.25) is 0 Å². The highest BCUT2D eigenvalue weighted by Gasteiger charge is 2.35. The Bertz CT molecular complexity index is 1550. The molecule has 3 aromatic rings. The number of aliphatic carboxylic acids is 1. The summed E-state index contributed by atoms with van der Waals surface area (Å²) >= 11 is 6.78. The van der Waals surface area contributed by atoms with E-state index in [1.165, 1.54) is 35.2 Å². The molecule has 3 aliphatic rings. The van der Waals surface area contributed by atoms with E-state index in [9.17, 15) is 9.90 Å². The molecular formula is C37H45ClN2O5. The van der Waals surface area contributed by atoms with Crippen molar-refractivity contribution in [1.29, 1.82) is 0 Å². The van der Waals surface area contributed by atoms with Crippen molar-refractivity contribution in [3.63, 3.8) is 0 Å². The second kappa shape index (κ2) is 13.2. The molecule has 45 heavy (non-hydrogen) atoms. The molecule has 2 saturated heterocycles. The third-order valence-corrected chi connectivity index (χ3v) is 10.1. The number of ether oxygens (including phenoxy) is 3. The van der Waals surface area contributed by atoms with Crippen molar-refractivity contribution in [2.24, 2.45) is 5.92 Å². The van der Waals surface area contributed by atoms with Crippen molar-refractivity contribution >= 4 is 17.6 Å². The van der Waals surface area contributed by atoms with Gasteiger partial charge in [-0.1, -0.05) is 41.9 Å². The Morgan fingerprint density at radius 2 is 1.82 bits per heavy atom. The summed E-state index contributed by atoms with van der Waals surface area (Å²) in [6.07, 6.45) is 3.95. The molecule has 0 aromatic heterocycles. The highest BCUT2D eigenvalue weighted by atomic mass is 35.5. The average Bonchev–Trinajstić information content (AvgIpc) is 3.39. The van der Waals surface area contributed by atoms with Crippen LogP contribution in [-0.2, 0) is 17.8 Å². The summed E-state index contributed by atoms with van der Waals surface area (Å²) in [4.78, 5) is 15.9. The monoisotopic (exact) mass is 632 g/mol. The van der Waals surface area contributed by atoms with Gasteiger partial charge in [0, 0.05) is 49.9 Å². The molecule has 1 atom stereocenters. The number of hydrogen-bond donors (Lipinski definition) is 1. The van der Waals surface area contributed by atoms with Crippen LogP contribution < -0.4 is 14.2 Å². The van der Waals surface area contributed by atoms with Crippen molar-refractivity contribution < 1.29 is 24.1 Å². The van der Waals surface area contributed by atoms with Gasteiger partial charge in [0.15, 0.2) is 0 Å². The first kappa shape index (κ1) is 31.7. The van der Waals surface area contributed by atoms with Crippen LogP contribution in [0.5, 0.6) is 17.2 Å². The van der Waals surface area contributed by atoms with Crippen LogP contribution >= 0.6 is 11.6 Å². The maximum Gasteiger partial charge on any atom is 0.309 e. The molecule has 2 fully saturated rings. The number of hydrogen-bond acceptors (Lipinski definition) is 6. The molecule has 1 N–H and O–H groups in total. The number of carboxylic acids is 1. The molecule has 0 spiro atoms. The average molecular weight is 633 g/mol.